The van der Waals surface area contributed by atoms with Crippen molar-refractivity contribution in [1.29, 1.82) is 0 Å². The van der Waals surface area contributed by atoms with Crippen molar-refractivity contribution >= 4 is 15.7 Å². The quantitative estimate of drug-likeness (QED) is 0.606. The largest absolute Gasteiger partial charge is 0.355 e. The fraction of sp³-hybridized carbons (Fsp3) is 0.438. The van der Waals surface area contributed by atoms with Gasteiger partial charge in [0.2, 0.25) is 5.91 Å². The number of carbonyl (C=O) groups is 1. The summed E-state index contributed by atoms with van der Waals surface area (Å²) in [5.41, 5.74) is 6.36. The molecule has 0 radical (unpaired) electrons. The van der Waals surface area contributed by atoms with Crippen LogP contribution in [0.3, 0.4) is 0 Å². The Morgan fingerprint density at radius 1 is 1.32 bits per heavy atom. The first-order valence-corrected chi connectivity index (χ1v) is 9.06. The Labute approximate surface area is 132 Å². The Bertz CT molecular complexity index is 655. The maximum Gasteiger partial charge on any atom is 0.236 e. The number of nitrogens with two attached hydrogens (primary N) is 1. The van der Waals surface area contributed by atoms with Crippen LogP contribution in [0.4, 0.5) is 0 Å². The highest BCUT2D eigenvalue weighted by Crippen LogP contribution is 2.09. The SMILES string of the molecule is CCC(N)C(=O)NCCCC#Cc1ccc(S(C)(=O)=O)cc1. The summed E-state index contributed by atoms with van der Waals surface area (Å²) in [6.45, 7) is 2.42. The molecule has 3 N–H and O–H groups in total. The van der Waals surface area contributed by atoms with Gasteiger partial charge in [0, 0.05) is 24.8 Å². The number of benzene rings is 1. The van der Waals surface area contributed by atoms with E-state index in [-0.39, 0.29) is 10.8 Å². The van der Waals surface area contributed by atoms with E-state index in [1.165, 1.54) is 6.26 Å². The van der Waals surface area contributed by atoms with Gasteiger partial charge in [0.25, 0.3) is 0 Å². The van der Waals surface area contributed by atoms with Gasteiger partial charge in [-0.15, -0.1) is 0 Å². The monoisotopic (exact) mass is 322 g/mol. The molecule has 0 saturated carbocycles. The fourth-order valence-corrected chi connectivity index (χ4v) is 2.29. The zero-order valence-corrected chi connectivity index (χ0v) is 13.7. The molecule has 120 valence electrons. The fourth-order valence-electron chi connectivity index (χ4n) is 1.65. The van der Waals surface area contributed by atoms with E-state index >= 15 is 0 Å². The summed E-state index contributed by atoms with van der Waals surface area (Å²) in [5.74, 6) is 5.83. The highest BCUT2D eigenvalue weighted by atomic mass is 32.2. The first-order chi connectivity index (χ1) is 10.3. The van der Waals surface area contributed by atoms with E-state index in [0.29, 0.717) is 19.4 Å². The third-order valence-corrected chi connectivity index (χ3v) is 4.20. The molecule has 0 aromatic heterocycles. The predicted octanol–water partition coefficient (Wildman–Crippen LogP) is 1.08. The molecule has 1 aromatic rings. The second-order valence-electron chi connectivity index (χ2n) is 5.01. The zero-order chi connectivity index (χ0) is 16.6. The first kappa shape index (κ1) is 18.2. The molecule has 1 unspecified atom stereocenters. The summed E-state index contributed by atoms with van der Waals surface area (Å²) in [6, 6.07) is 6.02. The minimum absolute atomic E-state index is 0.133. The van der Waals surface area contributed by atoms with Crippen LogP contribution in [0.2, 0.25) is 0 Å². The summed E-state index contributed by atoms with van der Waals surface area (Å²) in [7, 11) is -3.17. The number of hydrogen-bond donors (Lipinski definition) is 2. The van der Waals surface area contributed by atoms with Crippen LogP contribution in [-0.4, -0.2) is 33.2 Å². The number of amides is 1. The summed E-state index contributed by atoms with van der Waals surface area (Å²) < 4.78 is 22.6. The lowest BCUT2D eigenvalue weighted by Gasteiger charge is -2.08. The molecule has 0 aliphatic heterocycles. The molecule has 0 bridgehead atoms. The van der Waals surface area contributed by atoms with Crippen LogP contribution in [0, 0.1) is 11.8 Å². The van der Waals surface area contributed by atoms with E-state index in [2.05, 4.69) is 17.2 Å². The first-order valence-electron chi connectivity index (χ1n) is 7.17. The van der Waals surface area contributed by atoms with Crippen LogP contribution in [-0.2, 0) is 14.6 Å². The van der Waals surface area contributed by atoms with Crippen molar-refractivity contribution in [3.63, 3.8) is 0 Å². The topological polar surface area (TPSA) is 89.3 Å². The number of nitrogens with one attached hydrogen (secondary N) is 1. The zero-order valence-electron chi connectivity index (χ0n) is 12.9. The summed E-state index contributed by atoms with van der Waals surface area (Å²) in [6.07, 6.45) is 3.19. The maximum atomic E-state index is 11.4. The molecule has 0 heterocycles. The van der Waals surface area contributed by atoms with Gasteiger partial charge in [-0.05, 0) is 37.1 Å². The van der Waals surface area contributed by atoms with Crippen molar-refractivity contribution in [3.05, 3.63) is 29.8 Å². The van der Waals surface area contributed by atoms with Crippen molar-refractivity contribution in [2.24, 2.45) is 5.73 Å². The smallest absolute Gasteiger partial charge is 0.236 e. The Morgan fingerprint density at radius 3 is 2.50 bits per heavy atom. The van der Waals surface area contributed by atoms with E-state index in [9.17, 15) is 13.2 Å². The molecule has 22 heavy (non-hydrogen) atoms. The lowest BCUT2D eigenvalue weighted by Crippen LogP contribution is -2.40. The number of sulfone groups is 1. The van der Waals surface area contributed by atoms with Gasteiger partial charge in [-0.3, -0.25) is 4.79 Å². The third kappa shape index (κ3) is 6.29. The standard InChI is InChI=1S/C16H22N2O3S/c1-3-15(17)16(19)18-12-6-4-5-7-13-8-10-14(11-9-13)22(2,20)21/h8-11,15H,3-4,6,12,17H2,1-2H3,(H,18,19). The number of rotatable bonds is 6. The molecular weight excluding hydrogens is 300 g/mol. The van der Waals surface area contributed by atoms with Gasteiger partial charge in [-0.2, -0.15) is 0 Å². The Balaban J connectivity index is 2.38. The number of unbranched alkanes of at least 4 members (excludes halogenated alkanes) is 1. The normalized spacial score (nSPS) is 12.1. The molecule has 5 nitrogen and oxygen atoms in total. The van der Waals surface area contributed by atoms with Gasteiger partial charge in [0.15, 0.2) is 9.84 Å². The van der Waals surface area contributed by atoms with Crippen LogP contribution < -0.4 is 11.1 Å². The molecule has 0 spiro atoms. The van der Waals surface area contributed by atoms with Crippen LogP contribution in [0.15, 0.2) is 29.2 Å². The van der Waals surface area contributed by atoms with Gasteiger partial charge in [-0.1, -0.05) is 18.8 Å². The lowest BCUT2D eigenvalue weighted by atomic mass is 10.2. The van der Waals surface area contributed by atoms with Crippen LogP contribution in [0.25, 0.3) is 0 Å². The molecule has 1 aromatic carbocycles. The van der Waals surface area contributed by atoms with Crippen LogP contribution in [0.1, 0.15) is 31.7 Å². The third-order valence-electron chi connectivity index (χ3n) is 3.07. The van der Waals surface area contributed by atoms with Gasteiger partial charge in [-0.25, -0.2) is 8.42 Å². The molecule has 1 atom stereocenters. The van der Waals surface area contributed by atoms with Crippen molar-refractivity contribution in [1.82, 2.24) is 5.32 Å². The molecular formula is C16H22N2O3S. The number of hydrogen-bond acceptors (Lipinski definition) is 4. The molecule has 0 aliphatic rings. The Hall–Kier alpha value is -1.84. The second-order valence-corrected chi connectivity index (χ2v) is 7.02. The summed E-state index contributed by atoms with van der Waals surface area (Å²) in [5, 5.41) is 2.76. The minimum atomic E-state index is -3.17. The van der Waals surface area contributed by atoms with Gasteiger partial charge in [0.05, 0.1) is 10.9 Å². The van der Waals surface area contributed by atoms with Crippen molar-refractivity contribution < 1.29 is 13.2 Å². The van der Waals surface area contributed by atoms with Gasteiger partial charge >= 0.3 is 0 Å². The summed E-state index contributed by atoms with van der Waals surface area (Å²) in [4.78, 5) is 11.7. The average Bonchev–Trinajstić information content (AvgIpc) is 2.49. The van der Waals surface area contributed by atoms with Gasteiger partial charge < -0.3 is 11.1 Å². The highest BCUT2D eigenvalue weighted by Gasteiger charge is 2.08. The van der Waals surface area contributed by atoms with E-state index in [0.717, 1.165) is 12.0 Å². The van der Waals surface area contributed by atoms with Crippen molar-refractivity contribution in [2.45, 2.75) is 37.1 Å². The molecule has 0 fully saturated rings. The molecule has 0 saturated heterocycles. The Morgan fingerprint density at radius 2 is 1.95 bits per heavy atom. The molecule has 0 aliphatic carbocycles. The molecule has 1 amide bonds. The van der Waals surface area contributed by atoms with E-state index in [1.807, 2.05) is 6.92 Å². The highest BCUT2D eigenvalue weighted by molar-refractivity contribution is 7.90. The second kappa shape index (κ2) is 8.57. The van der Waals surface area contributed by atoms with Crippen molar-refractivity contribution in [2.75, 3.05) is 12.8 Å². The molecule has 1 rings (SSSR count). The minimum Gasteiger partial charge on any atom is -0.355 e. The Kier molecular flexibility index (Phi) is 7.09. The van der Waals surface area contributed by atoms with E-state index in [4.69, 9.17) is 5.73 Å². The van der Waals surface area contributed by atoms with E-state index < -0.39 is 15.9 Å². The van der Waals surface area contributed by atoms with E-state index in [1.54, 1.807) is 24.3 Å². The summed E-state index contributed by atoms with van der Waals surface area (Å²) >= 11 is 0. The predicted molar refractivity (Wildman–Crippen MR) is 86.9 cm³/mol. The van der Waals surface area contributed by atoms with Gasteiger partial charge in [0.1, 0.15) is 0 Å². The molecule has 6 heteroatoms. The number of carbonyl (C=O) groups excluding carboxylic acids is 1. The maximum absolute atomic E-state index is 11.4. The van der Waals surface area contributed by atoms with Crippen LogP contribution >= 0.6 is 0 Å². The van der Waals surface area contributed by atoms with Crippen LogP contribution in [0.5, 0.6) is 0 Å². The van der Waals surface area contributed by atoms with Crippen molar-refractivity contribution in [3.8, 4) is 11.8 Å². The lowest BCUT2D eigenvalue weighted by molar-refractivity contribution is -0.122. The average molecular weight is 322 g/mol.